The molecule has 0 aliphatic carbocycles. The van der Waals surface area contributed by atoms with E-state index in [0.717, 1.165) is 0 Å². The third-order valence-corrected chi connectivity index (χ3v) is 1.69. The first-order chi connectivity index (χ1) is 8.68. The molecule has 1 rings (SSSR count). The SMILES string of the molecule is CC(C)=O.CC1(C)OCC(CO)O1.OCC(O)CO. The number of carbonyl (C=O) groups is 1. The van der Waals surface area contributed by atoms with E-state index in [1.807, 2.05) is 13.8 Å². The Labute approximate surface area is 113 Å². The van der Waals surface area contributed by atoms with Gasteiger partial charge in [0.25, 0.3) is 0 Å². The Balaban J connectivity index is 0. The van der Waals surface area contributed by atoms with Gasteiger partial charge in [0, 0.05) is 0 Å². The zero-order valence-electron chi connectivity index (χ0n) is 12.0. The van der Waals surface area contributed by atoms with Crippen LogP contribution in [0.3, 0.4) is 0 Å². The standard InChI is InChI=1S/C6H12O3.C3H8O3.C3H6O/c1-6(2)8-4-5(3-7)9-6;4-1-3(6)2-5;1-3(2)4/h5,7H,3-4H2,1-2H3;3-6H,1-2H2;1-2H3. The second-order valence-electron chi connectivity index (χ2n) is 4.56. The van der Waals surface area contributed by atoms with Crippen molar-refractivity contribution in [1.82, 2.24) is 0 Å². The van der Waals surface area contributed by atoms with Crippen molar-refractivity contribution in [2.45, 2.75) is 45.7 Å². The molecule has 7 nitrogen and oxygen atoms in total. The minimum absolute atomic E-state index is 0.0451. The maximum absolute atomic E-state index is 9.44. The fourth-order valence-electron chi connectivity index (χ4n) is 0.911. The van der Waals surface area contributed by atoms with Crippen LogP contribution in [0.15, 0.2) is 0 Å². The Morgan fingerprint density at radius 2 is 1.68 bits per heavy atom. The molecule has 0 bridgehead atoms. The van der Waals surface area contributed by atoms with Crippen molar-refractivity contribution < 1.29 is 34.7 Å². The van der Waals surface area contributed by atoms with E-state index in [9.17, 15) is 4.79 Å². The first-order valence-electron chi connectivity index (χ1n) is 5.98. The number of aliphatic hydroxyl groups is 4. The van der Waals surface area contributed by atoms with Crippen LogP contribution < -0.4 is 0 Å². The van der Waals surface area contributed by atoms with Crippen LogP contribution in [0.5, 0.6) is 0 Å². The molecule has 0 radical (unpaired) electrons. The Bertz CT molecular complexity index is 222. The number of hydrogen-bond donors (Lipinski definition) is 4. The van der Waals surface area contributed by atoms with Crippen molar-refractivity contribution >= 4 is 5.78 Å². The van der Waals surface area contributed by atoms with Gasteiger partial charge in [-0.05, 0) is 27.7 Å². The number of ether oxygens (including phenoxy) is 2. The third-order valence-electron chi connectivity index (χ3n) is 1.69. The minimum Gasteiger partial charge on any atom is -0.394 e. The molecule has 1 atom stereocenters. The van der Waals surface area contributed by atoms with Gasteiger partial charge in [-0.15, -0.1) is 0 Å². The molecule has 116 valence electrons. The molecule has 1 fully saturated rings. The van der Waals surface area contributed by atoms with Crippen molar-refractivity contribution in [1.29, 1.82) is 0 Å². The summed E-state index contributed by atoms with van der Waals surface area (Å²) in [7, 11) is 0. The largest absolute Gasteiger partial charge is 0.394 e. The molecule has 0 aromatic heterocycles. The lowest BCUT2D eigenvalue weighted by Crippen LogP contribution is -2.22. The van der Waals surface area contributed by atoms with Crippen LogP contribution in [0.4, 0.5) is 0 Å². The fourth-order valence-corrected chi connectivity index (χ4v) is 0.911. The second kappa shape index (κ2) is 11.3. The zero-order chi connectivity index (χ0) is 15.5. The number of Topliss-reactive ketones (excluding diaryl/α,β-unsaturated/α-hetero) is 1. The van der Waals surface area contributed by atoms with E-state index in [-0.39, 0.29) is 31.7 Å². The molecular formula is C12H26O7. The summed E-state index contributed by atoms with van der Waals surface area (Å²) in [6, 6.07) is 0. The first kappa shape index (κ1) is 20.7. The summed E-state index contributed by atoms with van der Waals surface area (Å²) in [5.41, 5.74) is 0. The van der Waals surface area contributed by atoms with Crippen molar-refractivity contribution in [2.75, 3.05) is 26.4 Å². The van der Waals surface area contributed by atoms with Crippen LogP contribution in [0, 0.1) is 0 Å². The molecule has 1 aliphatic heterocycles. The van der Waals surface area contributed by atoms with Gasteiger partial charge in [0.1, 0.15) is 18.0 Å². The minimum atomic E-state index is -0.954. The van der Waals surface area contributed by atoms with Crippen LogP contribution in [-0.4, -0.2) is 70.6 Å². The maximum atomic E-state index is 9.44. The lowest BCUT2D eigenvalue weighted by molar-refractivity contribution is -0.142. The van der Waals surface area contributed by atoms with Gasteiger partial charge in [0.2, 0.25) is 0 Å². The van der Waals surface area contributed by atoms with Crippen LogP contribution in [-0.2, 0) is 14.3 Å². The quantitative estimate of drug-likeness (QED) is 0.527. The van der Waals surface area contributed by atoms with E-state index in [4.69, 9.17) is 29.9 Å². The van der Waals surface area contributed by atoms with Crippen molar-refractivity contribution in [3.8, 4) is 0 Å². The van der Waals surface area contributed by atoms with Crippen molar-refractivity contribution in [2.24, 2.45) is 0 Å². The number of aliphatic hydroxyl groups excluding tert-OH is 4. The van der Waals surface area contributed by atoms with Gasteiger partial charge < -0.3 is 34.7 Å². The van der Waals surface area contributed by atoms with E-state index < -0.39 is 11.9 Å². The van der Waals surface area contributed by atoms with Gasteiger partial charge >= 0.3 is 0 Å². The molecule has 0 saturated carbocycles. The molecule has 1 unspecified atom stereocenters. The molecule has 0 amide bonds. The highest BCUT2D eigenvalue weighted by Crippen LogP contribution is 2.21. The summed E-state index contributed by atoms with van der Waals surface area (Å²) >= 11 is 0. The maximum Gasteiger partial charge on any atom is 0.163 e. The summed E-state index contributed by atoms with van der Waals surface area (Å²) in [5.74, 6) is -0.326. The average molecular weight is 282 g/mol. The van der Waals surface area contributed by atoms with Crippen LogP contribution in [0.2, 0.25) is 0 Å². The highest BCUT2D eigenvalue weighted by molar-refractivity contribution is 5.72. The Hall–Kier alpha value is -0.570. The molecule has 1 aliphatic rings. The highest BCUT2D eigenvalue weighted by Gasteiger charge is 2.31. The summed E-state index contributed by atoms with van der Waals surface area (Å²) in [5, 5.41) is 32.6. The second-order valence-corrected chi connectivity index (χ2v) is 4.56. The molecule has 0 aromatic rings. The molecule has 1 saturated heterocycles. The van der Waals surface area contributed by atoms with Gasteiger partial charge in [-0.25, -0.2) is 0 Å². The molecule has 4 N–H and O–H groups in total. The zero-order valence-corrected chi connectivity index (χ0v) is 12.0. The van der Waals surface area contributed by atoms with Crippen LogP contribution >= 0.6 is 0 Å². The van der Waals surface area contributed by atoms with Crippen molar-refractivity contribution in [3.63, 3.8) is 0 Å². The molecular weight excluding hydrogens is 256 g/mol. The molecule has 7 heteroatoms. The van der Waals surface area contributed by atoms with E-state index in [1.165, 1.54) is 13.8 Å². The molecule has 0 spiro atoms. The highest BCUT2D eigenvalue weighted by atomic mass is 16.7. The van der Waals surface area contributed by atoms with Crippen LogP contribution in [0.25, 0.3) is 0 Å². The average Bonchev–Trinajstić information content (AvgIpc) is 2.68. The fraction of sp³-hybridized carbons (Fsp3) is 0.917. The number of ketones is 1. The van der Waals surface area contributed by atoms with Gasteiger partial charge in [0.05, 0.1) is 26.4 Å². The van der Waals surface area contributed by atoms with E-state index in [1.54, 1.807) is 0 Å². The van der Waals surface area contributed by atoms with E-state index >= 15 is 0 Å². The Morgan fingerprint density at radius 1 is 1.26 bits per heavy atom. The normalized spacial score (nSPS) is 20.2. The third kappa shape index (κ3) is 15.4. The monoisotopic (exact) mass is 282 g/mol. The van der Waals surface area contributed by atoms with Gasteiger partial charge in [-0.1, -0.05) is 0 Å². The predicted molar refractivity (Wildman–Crippen MR) is 68.5 cm³/mol. The smallest absolute Gasteiger partial charge is 0.163 e. The van der Waals surface area contributed by atoms with E-state index in [2.05, 4.69) is 0 Å². The first-order valence-corrected chi connectivity index (χ1v) is 5.98. The Morgan fingerprint density at radius 3 is 1.79 bits per heavy atom. The molecule has 1 heterocycles. The van der Waals surface area contributed by atoms with Crippen molar-refractivity contribution in [3.05, 3.63) is 0 Å². The predicted octanol–water partition coefficient (Wildman–Crippen LogP) is -0.943. The number of rotatable bonds is 3. The summed E-state index contributed by atoms with van der Waals surface area (Å²) in [6.45, 7) is 6.55. The Kier molecular flexibility index (Phi) is 12.3. The summed E-state index contributed by atoms with van der Waals surface area (Å²) < 4.78 is 10.4. The number of carbonyl (C=O) groups excluding carboxylic acids is 1. The van der Waals surface area contributed by atoms with Gasteiger partial charge in [0.15, 0.2) is 5.79 Å². The number of hydrogen-bond acceptors (Lipinski definition) is 7. The lowest BCUT2D eigenvalue weighted by atomic mass is 10.4. The lowest BCUT2D eigenvalue weighted by Gasteiger charge is -2.15. The summed E-state index contributed by atoms with van der Waals surface area (Å²) in [4.78, 5) is 9.44. The topological polar surface area (TPSA) is 116 Å². The summed E-state index contributed by atoms with van der Waals surface area (Å²) in [6.07, 6.45) is -1.08. The van der Waals surface area contributed by atoms with Gasteiger partial charge in [-0.3, -0.25) is 0 Å². The molecule has 0 aromatic carbocycles. The molecule has 19 heavy (non-hydrogen) atoms. The van der Waals surface area contributed by atoms with E-state index in [0.29, 0.717) is 6.61 Å². The van der Waals surface area contributed by atoms with Gasteiger partial charge in [-0.2, -0.15) is 0 Å². The van der Waals surface area contributed by atoms with Crippen LogP contribution in [0.1, 0.15) is 27.7 Å².